The van der Waals surface area contributed by atoms with Gasteiger partial charge in [-0.25, -0.2) is 0 Å². The average Bonchev–Trinajstić information content (AvgIpc) is 1.99. The molecule has 0 radical (unpaired) electrons. The summed E-state index contributed by atoms with van der Waals surface area (Å²) in [6.07, 6.45) is 3.58. The Kier molecular flexibility index (Phi) is 1.76. The molecule has 1 saturated heterocycles. The molecule has 0 spiro atoms. The van der Waals surface area contributed by atoms with Gasteiger partial charge in [0, 0.05) is 11.3 Å². The summed E-state index contributed by atoms with van der Waals surface area (Å²) in [6.45, 7) is 4.88. The van der Waals surface area contributed by atoms with Gasteiger partial charge in [0.15, 0.2) is 0 Å². The second kappa shape index (κ2) is 2.56. The lowest BCUT2D eigenvalue weighted by molar-refractivity contribution is -0.205. The van der Waals surface area contributed by atoms with E-state index in [1.807, 2.05) is 0 Å². The van der Waals surface area contributed by atoms with Crippen molar-refractivity contribution in [2.24, 2.45) is 11.3 Å². The molecule has 2 fully saturated rings. The van der Waals surface area contributed by atoms with Crippen LogP contribution in [0.5, 0.6) is 0 Å². The third-order valence-corrected chi connectivity index (χ3v) is 3.53. The standard InChI is InChI=1S/C10H16O2/c1-7(11)8-3-4-10(2)6-12-9(10)5-8/h8-9H,3-6H2,1-2H3. The molecule has 1 aliphatic carbocycles. The highest BCUT2D eigenvalue weighted by Gasteiger charge is 2.48. The largest absolute Gasteiger partial charge is 0.377 e. The van der Waals surface area contributed by atoms with Crippen LogP contribution in [0.2, 0.25) is 0 Å². The smallest absolute Gasteiger partial charge is 0.133 e. The molecule has 12 heavy (non-hydrogen) atoms. The molecule has 0 aromatic carbocycles. The van der Waals surface area contributed by atoms with Crippen LogP contribution in [0.15, 0.2) is 0 Å². The molecule has 2 heteroatoms. The number of ether oxygens (including phenoxy) is 1. The van der Waals surface area contributed by atoms with Crippen molar-refractivity contribution in [1.82, 2.24) is 0 Å². The monoisotopic (exact) mass is 168 g/mol. The number of hydrogen-bond donors (Lipinski definition) is 0. The van der Waals surface area contributed by atoms with Crippen LogP contribution in [0.3, 0.4) is 0 Å². The maximum atomic E-state index is 11.1. The second-order valence-corrected chi connectivity index (χ2v) is 4.54. The van der Waals surface area contributed by atoms with Crippen LogP contribution in [0.25, 0.3) is 0 Å². The van der Waals surface area contributed by atoms with Gasteiger partial charge in [0.05, 0.1) is 12.7 Å². The highest BCUT2D eigenvalue weighted by atomic mass is 16.5. The van der Waals surface area contributed by atoms with E-state index in [1.165, 1.54) is 6.42 Å². The molecular formula is C10H16O2. The zero-order valence-corrected chi connectivity index (χ0v) is 7.80. The summed E-state index contributed by atoms with van der Waals surface area (Å²) < 4.78 is 5.47. The van der Waals surface area contributed by atoms with Crippen molar-refractivity contribution in [3.05, 3.63) is 0 Å². The Morgan fingerprint density at radius 2 is 2.33 bits per heavy atom. The van der Waals surface area contributed by atoms with Crippen molar-refractivity contribution < 1.29 is 9.53 Å². The Bertz CT molecular complexity index is 212. The van der Waals surface area contributed by atoms with Gasteiger partial charge in [0.2, 0.25) is 0 Å². The predicted octanol–water partition coefficient (Wildman–Crippen LogP) is 1.78. The van der Waals surface area contributed by atoms with Gasteiger partial charge in [0.1, 0.15) is 5.78 Å². The molecule has 2 aliphatic rings. The Hall–Kier alpha value is -0.370. The van der Waals surface area contributed by atoms with Crippen molar-refractivity contribution in [3.8, 4) is 0 Å². The fourth-order valence-electron chi connectivity index (χ4n) is 2.32. The molecule has 68 valence electrons. The summed E-state index contributed by atoms with van der Waals surface area (Å²) >= 11 is 0. The average molecular weight is 168 g/mol. The van der Waals surface area contributed by atoms with Crippen LogP contribution in [-0.4, -0.2) is 18.5 Å². The van der Waals surface area contributed by atoms with Crippen molar-refractivity contribution in [3.63, 3.8) is 0 Å². The zero-order chi connectivity index (χ0) is 8.77. The number of carbonyl (C=O) groups is 1. The molecule has 0 bridgehead atoms. The lowest BCUT2D eigenvalue weighted by Crippen LogP contribution is -2.53. The van der Waals surface area contributed by atoms with Crippen LogP contribution in [-0.2, 0) is 9.53 Å². The van der Waals surface area contributed by atoms with Gasteiger partial charge in [0.25, 0.3) is 0 Å². The molecule has 0 aromatic rings. The minimum Gasteiger partial charge on any atom is -0.377 e. The van der Waals surface area contributed by atoms with Crippen molar-refractivity contribution in [2.75, 3.05) is 6.61 Å². The number of Topliss-reactive ketones (excluding diaryl/α,β-unsaturated/α-hetero) is 1. The SMILES string of the molecule is CC(=O)C1CCC2(C)COC2C1. The van der Waals surface area contributed by atoms with E-state index in [0.717, 1.165) is 19.4 Å². The maximum absolute atomic E-state index is 11.1. The Morgan fingerprint density at radius 3 is 2.75 bits per heavy atom. The van der Waals surface area contributed by atoms with E-state index in [-0.39, 0.29) is 5.92 Å². The van der Waals surface area contributed by atoms with Crippen LogP contribution < -0.4 is 0 Å². The van der Waals surface area contributed by atoms with Crippen molar-refractivity contribution in [1.29, 1.82) is 0 Å². The van der Waals surface area contributed by atoms with Gasteiger partial charge in [-0.3, -0.25) is 4.79 Å². The first-order valence-electron chi connectivity index (χ1n) is 4.74. The summed E-state index contributed by atoms with van der Waals surface area (Å²) in [6, 6.07) is 0. The molecular weight excluding hydrogens is 152 g/mol. The summed E-state index contributed by atoms with van der Waals surface area (Å²) in [5, 5.41) is 0. The van der Waals surface area contributed by atoms with Gasteiger partial charge in [-0.15, -0.1) is 0 Å². The first-order valence-corrected chi connectivity index (χ1v) is 4.74. The molecule has 2 nitrogen and oxygen atoms in total. The van der Waals surface area contributed by atoms with Crippen molar-refractivity contribution >= 4 is 5.78 Å². The van der Waals surface area contributed by atoms with Gasteiger partial charge < -0.3 is 4.74 Å². The molecule has 1 heterocycles. The second-order valence-electron chi connectivity index (χ2n) is 4.54. The number of hydrogen-bond acceptors (Lipinski definition) is 2. The third-order valence-electron chi connectivity index (χ3n) is 3.53. The summed E-state index contributed by atoms with van der Waals surface area (Å²) in [4.78, 5) is 11.1. The number of carbonyl (C=O) groups excluding carboxylic acids is 1. The van der Waals surface area contributed by atoms with Crippen LogP contribution >= 0.6 is 0 Å². The van der Waals surface area contributed by atoms with Gasteiger partial charge in [-0.2, -0.15) is 0 Å². The number of fused-ring (bicyclic) bond motifs is 1. The van der Waals surface area contributed by atoms with E-state index in [9.17, 15) is 4.79 Å². The topological polar surface area (TPSA) is 26.3 Å². The lowest BCUT2D eigenvalue weighted by atomic mass is 9.66. The van der Waals surface area contributed by atoms with Crippen LogP contribution in [0, 0.1) is 11.3 Å². The lowest BCUT2D eigenvalue weighted by Gasteiger charge is -2.51. The molecule has 2 rings (SSSR count). The Balaban J connectivity index is 2.00. The molecule has 1 saturated carbocycles. The fourth-order valence-corrected chi connectivity index (χ4v) is 2.32. The predicted molar refractivity (Wildman–Crippen MR) is 45.9 cm³/mol. The summed E-state index contributed by atoms with van der Waals surface area (Å²) in [5.41, 5.74) is 0.409. The van der Waals surface area contributed by atoms with E-state index in [1.54, 1.807) is 6.92 Å². The minimum absolute atomic E-state index is 0.281. The minimum atomic E-state index is 0.281. The van der Waals surface area contributed by atoms with Crippen LogP contribution in [0.4, 0.5) is 0 Å². The fraction of sp³-hybridized carbons (Fsp3) is 0.900. The number of rotatable bonds is 1. The third kappa shape index (κ3) is 1.09. The van der Waals surface area contributed by atoms with E-state index in [4.69, 9.17) is 4.74 Å². The molecule has 0 amide bonds. The highest BCUT2D eigenvalue weighted by molar-refractivity contribution is 5.78. The first-order chi connectivity index (χ1) is 5.62. The zero-order valence-electron chi connectivity index (χ0n) is 7.80. The number of ketones is 1. The highest BCUT2D eigenvalue weighted by Crippen LogP contribution is 2.47. The molecule has 3 atom stereocenters. The van der Waals surface area contributed by atoms with Gasteiger partial charge >= 0.3 is 0 Å². The van der Waals surface area contributed by atoms with E-state index in [2.05, 4.69) is 6.92 Å². The van der Waals surface area contributed by atoms with E-state index >= 15 is 0 Å². The van der Waals surface area contributed by atoms with E-state index in [0.29, 0.717) is 17.3 Å². The van der Waals surface area contributed by atoms with Crippen molar-refractivity contribution in [2.45, 2.75) is 39.2 Å². The van der Waals surface area contributed by atoms with E-state index < -0.39 is 0 Å². The molecule has 3 unspecified atom stereocenters. The summed E-state index contributed by atoms with van der Waals surface area (Å²) in [5.74, 6) is 0.621. The van der Waals surface area contributed by atoms with Gasteiger partial charge in [-0.1, -0.05) is 6.92 Å². The van der Waals surface area contributed by atoms with Gasteiger partial charge in [-0.05, 0) is 26.2 Å². The Labute approximate surface area is 73.3 Å². The summed E-state index contributed by atoms with van der Waals surface area (Å²) in [7, 11) is 0. The molecule has 0 aromatic heterocycles. The maximum Gasteiger partial charge on any atom is 0.133 e. The quantitative estimate of drug-likeness (QED) is 0.596. The normalized spacial score (nSPS) is 46.2. The van der Waals surface area contributed by atoms with Crippen LogP contribution in [0.1, 0.15) is 33.1 Å². The molecule has 0 N–H and O–H groups in total. The first kappa shape index (κ1) is 8.24. The Morgan fingerprint density at radius 1 is 1.58 bits per heavy atom. The molecule has 1 aliphatic heterocycles.